The predicted octanol–water partition coefficient (Wildman–Crippen LogP) is 4.03. The lowest BCUT2D eigenvalue weighted by molar-refractivity contribution is -0.121. The summed E-state index contributed by atoms with van der Waals surface area (Å²) in [6, 6.07) is 15.4. The minimum atomic E-state index is -0.305. The zero-order chi connectivity index (χ0) is 19.1. The van der Waals surface area contributed by atoms with E-state index in [2.05, 4.69) is 28.8 Å². The van der Waals surface area contributed by atoms with Crippen molar-refractivity contribution in [3.63, 3.8) is 0 Å². The second kappa shape index (κ2) is 9.28. The second-order valence-electron chi connectivity index (χ2n) is 6.34. The molecule has 3 aromatic rings. The number of amides is 2. The highest BCUT2D eigenvalue weighted by molar-refractivity contribution is 7.18. The van der Waals surface area contributed by atoms with Crippen molar-refractivity contribution in [1.29, 1.82) is 0 Å². The molecule has 2 aromatic carbocycles. The Morgan fingerprint density at radius 1 is 1.00 bits per heavy atom. The van der Waals surface area contributed by atoms with E-state index in [4.69, 9.17) is 0 Å². The molecule has 0 radical (unpaired) electrons. The largest absolute Gasteiger partial charge is 0.273 e. The molecule has 27 heavy (non-hydrogen) atoms. The summed E-state index contributed by atoms with van der Waals surface area (Å²) in [5.74, 6) is -0.488. The maximum absolute atomic E-state index is 12.0. The number of fused-ring (bicyclic) bond motifs is 1. The van der Waals surface area contributed by atoms with Gasteiger partial charge in [0.2, 0.25) is 5.91 Å². The Hall–Kier alpha value is -2.73. The Morgan fingerprint density at radius 3 is 2.52 bits per heavy atom. The van der Waals surface area contributed by atoms with E-state index in [1.54, 1.807) is 23.5 Å². The Balaban J connectivity index is 1.36. The summed E-state index contributed by atoms with van der Waals surface area (Å²) in [4.78, 5) is 28.5. The molecule has 0 spiro atoms. The fourth-order valence-corrected chi connectivity index (χ4v) is 3.75. The average Bonchev–Trinajstić information content (AvgIpc) is 3.12. The zero-order valence-corrected chi connectivity index (χ0v) is 16.1. The van der Waals surface area contributed by atoms with Gasteiger partial charge in [-0.05, 0) is 55.5 Å². The summed E-state index contributed by atoms with van der Waals surface area (Å²) < 4.78 is 1.19. The molecule has 5 nitrogen and oxygen atoms in total. The molecule has 0 fully saturated rings. The van der Waals surface area contributed by atoms with Crippen LogP contribution in [0.5, 0.6) is 0 Å². The van der Waals surface area contributed by atoms with Gasteiger partial charge in [-0.2, -0.15) is 0 Å². The summed E-state index contributed by atoms with van der Waals surface area (Å²) in [5.41, 5.74) is 7.68. The lowest BCUT2D eigenvalue weighted by Crippen LogP contribution is -2.41. The van der Waals surface area contributed by atoms with E-state index in [1.165, 1.54) is 10.3 Å². The maximum atomic E-state index is 12.0. The lowest BCUT2D eigenvalue weighted by Gasteiger charge is -2.07. The number of benzene rings is 2. The van der Waals surface area contributed by atoms with Crippen molar-refractivity contribution in [2.75, 3.05) is 0 Å². The molecule has 0 saturated heterocycles. The predicted molar refractivity (Wildman–Crippen MR) is 109 cm³/mol. The van der Waals surface area contributed by atoms with Gasteiger partial charge in [0.25, 0.3) is 5.91 Å². The topological polar surface area (TPSA) is 71.1 Å². The average molecular weight is 382 g/mol. The normalized spacial score (nSPS) is 10.7. The smallest absolute Gasteiger partial charge is 0.269 e. The lowest BCUT2D eigenvalue weighted by atomic mass is 10.1. The van der Waals surface area contributed by atoms with Crippen molar-refractivity contribution >= 4 is 33.4 Å². The molecule has 1 aromatic heterocycles. The van der Waals surface area contributed by atoms with Crippen LogP contribution in [0.2, 0.25) is 0 Å². The Morgan fingerprint density at radius 2 is 1.78 bits per heavy atom. The van der Waals surface area contributed by atoms with E-state index >= 15 is 0 Å². The molecule has 0 aliphatic heterocycles. The molecule has 2 N–H and O–H groups in total. The second-order valence-corrected chi connectivity index (χ2v) is 7.45. The maximum Gasteiger partial charge on any atom is 0.269 e. The monoisotopic (exact) mass is 381 g/mol. The summed E-state index contributed by atoms with van der Waals surface area (Å²) >= 11 is 1.70. The van der Waals surface area contributed by atoms with Gasteiger partial charge in [0.05, 0.1) is 15.2 Å². The van der Waals surface area contributed by atoms with Crippen LogP contribution >= 0.6 is 11.3 Å². The van der Waals surface area contributed by atoms with E-state index in [9.17, 15) is 9.59 Å². The minimum absolute atomic E-state index is 0.183. The molecule has 3 rings (SSSR count). The fraction of sp³-hybridized carbons (Fsp3) is 0.286. The summed E-state index contributed by atoms with van der Waals surface area (Å²) in [5, 5.41) is 1.10. The van der Waals surface area contributed by atoms with Crippen molar-refractivity contribution in [3.8, 4) is 0 Å². The third-order valence-electron chi connectivity index (χ3n) is 4.32. The standard InChI is InChI=1S/C21H23N3O2S/c1-2-15-11-13-16(14-12-15)21(26)24-23-19(25)9-5-6-10-20-22-17-7-3-4-8-18(17)27-20/h3-4,7-8,11-14H,2,5-6,9-10H2,1H3,(H,23,25)(H,24,26). The van der Waals surface area contributed by atoms with E-state index in [0.717, 1.165) is 36.2 Å². The summed E-state index contributed by atoms with van der Waals surface area (Å²) in [7, 11) is 0. The van der Waals surface area contributed by atoms with E-state index in [1.807, 2.05) is 30.3 Å². The van der Waals surface area contributed by atoms with E-state index in [-0.39, 0.29) is 11.8 Å². The van der Waals surface area contributed by atoms with Crippen LogP contribution < -0.4 is 10.9 Å². The van der Waals surface area contributed by atoms with Gasteiger partial charge >= 0.3 is 0 Å². The van der Waals surface area contributed by atoms with E-state index < -0.39 is 0 Å². The van der Waals surface area contributed by atoms with Crippen LogP contribution in [0.15, 0.2) is 48.5 Å². The quantitative estimate of drug-likeness (QED) is 0.479. The molecule has 6 heteroatoms. The number of carbonyl (C=O) groups is 2. The number of thiazole rings is 1. The Labute approximate surface area is 162 Å². The van der Waals surface area contributed by atoms with Gasteiger partial charge in [0.15, 0.2) is 0 Å². The third-order valence-corrected chi connectivity index (χ3v) is 5.42. The molecule has 0 atom stereocenters. The molecular formula is C21H23N3O2S. The number of para-hydroxylation sites is 1. The fourth-order valence-electron chi connectivity index (χ4n) is 2.74. The van der Waals surface area contributed by atoms with Crippen molar-refractivity contribution in [2.24, 2.45) is 0 Å². The van der Waals surface area contributed by atoms with Crippen molar-refractivity contribution in [1.82, 2.24) is 15.8 Å². The molecule has 1 heterocycles. The van der Waals surface area contributed by atoms with Gasteiger partial charge in [-0.25, -0.2) is 4.98 Å². The first kappa shape index (κ1) is 19.0. The van der Waals surface area contributed by atoms with Gasteiger partial charge in [-0.1, -0.05) is 31.2 Å². The van der Waals surface area contributed by atoms with Crippen molar-refractivity contribution in [3.05, 3.63) is 64.7 Å². The number of rotatable bonds is 7. The van der Waals surface area contributed by atoms with Crippen molar-refractivity contribution < 1.29 is 9.59 Å². The highest BCUT2D eigenvalue weighted by atomic mass is 32.1. The zero-order valence-electron chi connectivity index (χ0n) is 15.3. The number of nitrogens with zero attached hydrogens (tertiary/aromatic N) is 1. The molecule has 2 amide bonds. The van der Waals surface area contributed by atoms with Crippen LogP contribution in [0, 0.1) is 0 Å². The molecular weight excluding hydrogens is 358 g/mol. The van der Waals surface area contributed by atoms with Crippen LogP contribution in [0.3, 0.4) is 0 Å². The molecule has 0 bridgehead atoms. The van der Waals surface area contributed by atoms with Crippen LogP contribution in [0.25, 0.3) is 10.2 Å². The first-order chi connectivity index (χ1) is 13.2. The van der Waals surface area contributed by atoms with Gasteiger partial charge in [0.1, 0.15) is 0 Å². The van der Waals surface area contributed by atoms with Crippen molar-refractivity contribution in [2.45, 2.75) is 39.0 Å². The summed E-state index contributed by atoms with van der Waals surface area (Å²) in [6.07, 6.45) is 3.81. The number of aromatic nitrogens is 1. The molecule has 140 valence electrons. The van der Waals surface area contributed by atoms with Gasteiger partial charge in [-0.3, -0.25) is 20.4 Å². The number of aryl methyl sites for hydroxylation is 2. The number of hydrazine groups is 1. The van der Waals surface area contributed by atoms with Crippen LogP contribution in [0.4, 0.5) is 0 Å². The van der Waals surface area contributed by atoms with Crippen LogP contribution in [-0.4, -0.2) is 16.8 Å². The number of hydrogen-bond acceptors (Lipinski definition) is 4. The van der Waals surface area contributed by atoms with Gasteiger partial charge < -0.3 is 0 Å². The summed E-state index contributed by atoms with van der Waals surface area (Å²) in [6.45, 7) is 2.06. The molecule has 0 saturated carbocycles. The van der Waals surface area contributed by atoms with E-state index in [0.29, 0.717) is 12.0 Å². The highest BCUT2D eigenvalue weighted by Gasteiger charge is 2.08. The Bertz CT molecular complexity index is 886. The first-order valence-corrected chi connectivity index (χ1v) is 10.00. The number of unbranched alkanes of at least 4 members (excludes halogenated alkanes) is 1. The SMILES string of the molecule is CCc1ccc(C(=O)NNC(=O)CCCCc2nc3ccccc3s2)cc1. The first-order valence-electron chi connectivity index (χ1n) is 9.18. The van der Waals surface area contributed by atoms with Gasteiger partial charge in [0, 0.05) is 12.0 Å². The third kappa shape index (κ3) is 5.37. The minimum Gasteiger partial charge on any atom is -0.273 e. The van der Waals surface area contributed by atoms with Crippen LogP contribution in [0.1, 0.15) is 47.1 Å². The highest BCUT2D eigenvalue weighted by Crippen LogP contribution is 2.22. The van der Waals surface area contributed by atoms with Gasteiger partial charge in [-0.15, -0.1) is 11.3 Å². The molecule has 0 unspecified atom stereocenters. The molecule has 0 aliphatic carbocycles. The Kier molecular flexibility index (Phi) is 6.54. The van der Waals surface area contributed by atoms with Crippen LogP contribution in [-0.2, 0) is 17.6 Å². The number of nitrogens with one attached hydrogen (secondary N) is 2. The number of carbonyl (C=O) groups excluding carboxylic acids is 2. The molecule has 0 aliphatic rings. The number of hydrogen-bond donors (Lipinski definition) is 2.